The van der Waals surface area contributed by atoms with Crippen LogP contribution in [0.5, 0.6) is 17.2 Å². The van der Waals surface area contributed by atoms with Gasteiger partial charge >= 0.3 is 17.5 Å². The van der Waals surface area contributed by atoms with E-state index in [4.69, 9.17) is 14.0 Å². The number of rotatable bonds is 6. The minimum atomic E-state index is -0.787. The van der Waals surface area contributed by atoms with Gasteiger partial charge in [0.2, 0.25) is 11.6 Å². The minimum Gasteiger partial charge on any atom is -0.504 e. The average molecular weight is 371 g/mol. The van der Waals surface area contributed by atoms with E-state index in [1.807, 2.05) is 0 Å². The molecule has 0 saturated heterocycles. The van der Waals surface area contributed by atoms with Crippen molar-refractivity contribution in [3.05, 3.63) is 58.5 Å². The van der Waals surface area contributed by atoms with E-state index in [1.54, 1.807) is 19.1 Å². The van der Waals surface area contributed by atoms with E-state index in [1.165, 1.54) is 30.3 Å². The number of hydrogen-bond donors (Lipinski definition) is 1. The lowest BCUT2D eigenvalue weighted by molar-refractivity contribution is -0.385. The molecule has 0 fully saturated rings. The summed E-state index contributed by atoms with van der Waals surface area (Å²) in [4.78, 5) is 26.2. The molecule has 0 aliphatic heterocycles. The van der Waals surface area contributed by atoms with Crippen molar-refractivity contribution in [2.24, 2.45) is 0 Å². The molecule has 0 amide bonds. The highest BCUT2D eigenvalue weighted by Crippen LogP contribution is 2.37. The molecule has 1 heterocycles. The Bertz CT molecular complexity index is 1000. The first-order chi connectivity index (χ1) is 13.0. The summed E-state index contributed by atoms with van der Waals surface area (Å²) in [5.41, 5.74) is -0.135. The van der Waals surface area contributed by atoms with Gasteiger partial charge in [-0.1, -0.05) is 17.3 Å². The molecule has 0 bridgehead atoms. The van der Waals surface area contributed by atoms with Crippen LogP contribution in [0.15, 0.2) is 47.0 Å². The third kappa shape index (κ3) is 3.84. The van der Waals surface area contributed by atoms with Crippen LogP contribution in [0.1, 0.15) is 17.6 Å². The predicted octanol–water partition coefficient (Wildman–Crippen LogP) is 3.32. The molecule has 1 N–H and O–H groups in total. The maximum absolute atomic E-state index is 11.6. The van der Waals surface area contributed by atoms with Crippen LogP contribution in [-0.4, -0.2) is 32.7 Å². The number of nitro benzene ring substituents is 1. The van der Waals surface area contributed by atoms with Crippen LogP contribution in [0.3, 0.4) is 0 Å². The highest BCUT2D eigenvalue weighted by molar-refractivity contribution is 5.84. The van der Waals surface area contributed by atoms with Crippen molar-refractivity contribution >= 4 is 11.7 Å². The zero-order chi connectivity index (χ0) is 19.4. The van der Waals surface area contributed by atoms with E-state index < -0.39 is 10.9 Å². The average Bonchev–Trinajstić information content (AvgIpc) is 3.14. The molecule has 0 unspecified atom stereocenters. The Balaban J connectivity index is 1.93. The molecular formula is C17H13N3O7. The van der Waals surface area contributed by atoms with Gasteiger partial charge in [-0.15, -0.1) is 0 Å². The SMILES string of the molecule is CCOC(=O)c1nc(-c2ccc(Oc3ccccc3O)c([N+](=O)[O-])c2)no1. The first-order valence-electron chi connectivity index (χ1n) is 7.75. The lowest BCUT2D eigenvalue weighted by Crippen LogP contribution is -2.04. The maximum atomic E-state index is 11.6. The second kappa shape index (κ2) is 7.52. The van der Waals surface area contributed by atoms with E-state index in [2.05, 4.69) is 10.1 Å². The molecule has 0 saturated carbocycles. The van der Waals surface area contributed by atoms with Gasteiger partial charge in [0.1, 0.15) is 0 Å². The van der Waals surface area contributed by atoms with E-state index in [9.17, 15) is 20.0 Å². The molecular weight excluding hydrogens is 358 g/mol. The standard InChI is InChI=1S/C17H13N3O7/c1-2-25-17(22)16-18-15(19-27-16)10-7-8-13(11(9-10)20(23)24)26-14-6-4-3-5-12(14)21/h3-9,21H,2H2,1H3. The number of carbonyl (C=O) groups is 1. The summed E-state index contributed by atoms with van der Waals surface area (Å²) in [5.74, 6) is -1.34. The largest absolute Gasteiger partial charge is 0.504 e. The van der Waals surface area contributed by atoms with E-state index in [-0.39, 0.29) is 46.8 Å². The predicted molar refractivity (Wildman–Crippen MR) is 90.5 cm³/mol. The number of aromatic hydroxyl groups is 1. The molecule has 10 nitrogen and oxygen atoms in total. The van der Waals surface area contributed by atoms with Crippen LogP contribution in [0.2, 0.25) is 0 Å². The molecule has 0 aliphatic rings. The Morgan fingerprint density at radius 2 is 2.04 bits per heavy atom. The number of ether oxygens (including phenoxy) is 2. The Morgan fingerprint density at radius 3 is 2.74 bits per heavy atom. The number of phenols is 1. The number of para-hydroxylation sites is 2. The van der Waals surface area contributed by atoms with Crippen LogP contribution >= 0.6 is 0 Å². The molecule has 3 rings (SSSR count). The summed E-state index contributed by atoms with van der Waals surface area (Å²) in [7, 11) is 0. The van der Waals surface area contributed by atoms with Crippen molar-refractivity contribution < 1.29 is 28.8 Å². The van der Waals surface area contributed by atoms with Crippen molar-refractivity contribution in [1.82, 2.24) is 10.1 Å². The molecule has 0 radical (unpaired) electrons. The van der Waals surface area contributed by atoms with Gasteiger partial charge in [0.05, 0.1) is 11.5 Å². The second-order valence-corrected chi connectivity index (χ2v) is 5.15. The molecule has 138 valence electrons. The van der Waals surface area contributed by atoms with Crippen LogP contribution in [0.25, 0.3) is 11.4 Å². The molecule has 10 heteroatoms. The number of phenolic OH excluding ortho intramolecular Hbond substituents is 1. The van der Waals surface area contributed by atoms with Gasteiger partial charge in [-0.3, -0.25) is 10.1 Å². The summed E-state index contributed by atoms with van der Waals surface area (Å²) in [6, 6.07) is 10.0. The Labute approximate surface area is 152 Å². The summed E-state index contributed by atoms with van der Waals surface area (Å²) in [6.07, 6.45) is 0. The summed E-state index contributed by atoms with van der Waals surface area (Å²) in [6.45, 7) is 1.77. The van der Waals surface area contributed by atoms with E-state index >= 15 is 0 Å². The van der Waals surface area contributed by atoms with Gasteiger partial charge in [0.25, 0.3) is 0 Å². The third-order valence-corrected chi connectivity index (χ3v) is 3.38. The van der Waals surface area contributed by atoms with E-state index in [0.29, 0.717) is 0 Å². The van der Waals surface area contributed by atoms with Gasteiger partial charge in [0.15, 0.2) is 11.5 Å². The monoisotopic (exact) mass is 371 g/mol. The van der Waals surface area contributed by atoms with Gasteiger partial charge < -0.3 is 19.1 Å². The molecule has 0 aliphatic carbocycles. The smallest absolute Gasteiger partial charge is 0.397 e. The molecule has 27 heavy (non-hydrogen) atoms. The summed E-state index contributed by atoms with van der Waals surface area (Å²) >= 11 is 0. The highest BCUT2D eigenvalue weighted by Gasteiger charge is 2.22. The topological polar surface area (TPSA) is 138 Å². The molecule has 0 atom stereocenters. The molecule has 1 aromatic heterocycles. The van der Waals surface area contributed by atoms with Crippen LogP contribution in [0, 0.1) is 10.1 Å². The van der Waals surface area contributed by atoms with Crippen LogP contribution < -0.4 is 4.74 Å². The minimum absolute atomic E-state index is 0.0183. The highest BCUT2D eigenvalue weighted by atomic mass is 16.6. The van der Waals surface area contributed by atoms with Gasteiger partial charge in [-0.05, 0) is 31.2 Å². The summed E-state index contributed by atoms with van der Waals surface area (Å²) in [5, 5.41) is 24.8. The fourth-order valence-electron chi connectivity index (χ4n) is 2.16. The Hall–Kier alpha value is -3.95. The first kappa shape index (κ1) is 17.9. The van der Waals surface area contributed by atoms with Crippen LogP contribution in [0.4, 0.5) is 5.69 Å². The first-order valence-corrected chi connectivity index (χ1v) is 7.75. The normalized spacial score (nSPS) is 10.4. The number of hydrogen-bond acceptors (Lipinski definition) is 9. The number of benzene rings is 2. The zero-order valence-corrected chi connectivity index (χ0v) is 14.0. The quantitative estimate of drug-likeness (QED) is 0.393. The van der Waals surface area contributed by atoms with E-state index in [0.717, 1.165) is 0 Å². The molecule has 0 spiro atoms. The van der Waals surface area contributed by atoms with Crippen molar-refractivity contribution in [3.8, 4) is 28.6 Å². The third-order valence-electron chi connectivity index (χ3n) is 3.38. The van der Waals surface area contributed by atoms with Gasteiger partial charge in [-0.2, -0.15) is 4.98 Å². The molecule has 3 aromatic rings. The Kier molecular flexibility index (Phi) is 4.97. The number of esters is 1. The maximum Gasteiger partial charge on any atom is 0.397 e. The second-order valence-electron chi connectivity index (χ2n) is 5.15. The molecule has 2 aromatic carbocycles. The lowest BCUT2D eigenvalue weighted by Gasteiger charge is -2.08. The number of carbonyl (C=O) groups excluding carboxylic acids is 1. The van der Waals surface area contributed by atoms with Gasteiger partial charge in [0, 0.05) is 11.6 Å². The Morgan fingerprint density at radius 1 is 1.26 bits per heavy atom. The lowest BCUT2D eigenvalue weighted by atomic mass is 10.1. The number of aromatic nitrogens is 2. The van der Waals surface area contributed by atoms with Gasteiger partial charge in [-0.25, -0.2) is 4.79 Å². The van der Waals surface area contributed by atoms with Crippen molar-refractivity contribution in [3.63, 3.8) is 0 Å². The zero-order valence-electron chi connectivity index (χ0n) is 14.0. The fourth-order valence-corrected chi connectivity index (χ4v) is 2.16. The summed E-state index contributed by atoms with van der Waals surface area (Å²) < 4.78 is 15.0. The van der Waals surface area contributed by atoms with Crippen LogP contribution in [-0.2, 0) is 4.74 Å². The van der Waals surface area contributed by atoms with Crippen molar-refractivity contribution in [2.75, 3.05) is 6.61 Å². The van der Waals surface area contributed by atoms with Crippen molar-refractivity contribution in [1.29, 1.82) is 0 Å². The number of nitro groups is 1. The fraction of sp³-hybridized carbons (Fsp3) is 0.118. The van der Waals surface area contributed by atoms with Crippen molar-refractivity contribution in [2.45, 2.75) is 6.92 Å². The number of nitrogens with zero attached hydrogens (tertiary/aromatic N) is 3.